The highest BCUT2D eigenvalue weighted by Crippen LogP contribution is 2.19. The first kappa shape index (κ1) is 18.6. The number of halogens is 1. The van der Waals surface area contributed by atoms with Crippen LogP contribution >= 0.6 is 15.9 Å². The Balaban J connectivity index is 2.22. The van der Waals surface area contributed by atoms with Crippen molar-refractivity contribution < 1.29 is 8.42 Å². The van der Waals surface area contributed by atoms with Crippen LogP contribution in [0.15, 0.2) is 76.6 Å². The van der Waals surface area contributed by atoms with E-state index in [-0.39, 0.29) is 18.0 Å². The second-order valence-corrected chi connectivity index (χ2v) is 8.50. The molecule has 2 aromatic rings. The van der Waals surface area contributed by atoms with Gasteiger partial charge in [-0.3, -0.25) is 0 Å². The Morgan fingerprint density at radius 1 is 1.12 bits per heavy atom. The van der Waals surface area contributed by atoms with Crippen LogP contribution in [0, 0.1) is 6.92 Å². The molecule has 0 unspecified atom stereocenters. The highest BCUT2D eigenvalue weighted by Gasteiger charge is 2.23. The molecule has 0 spiro atoms. The fourth-order valence-corrected chi connectivity index (χ4v) is 4.02. The molecule has 0 aliphatic carbocycles. The van der Waals surface area contributed by atoms with Crippen molar-refractivity contribution in [2.75, 3.05) is 13.1 Å². The molecule has 0 aliphatic rings. The summed E-state index contributed by atoms with van der Waals surface area (Å²) in [4.78, 5) is 0.287. The second kappa shape index (κ2) is 8.42. The van der Waals surface area contributed by atoms with Crippen LogP contribution in [-0.4, -0.2) is 25.8 Å². The van der Waals surface area contributed by atoms with E-state index < -0.39 is 10.0 Å². The lowest BCUT2D eigenvalue weighted by Crippen LogP contribution is -2.32. The molecular weight excluding hydrogens is 386 g/mol. The Bertz CT molecular complexity index is 812. The number of aryl methyl sites for hydroxylation is 1. The van der Waals surface area contributed by atoms with Crippen molar-refractivity contribution in [2.45, 2.75) is 11.8 Å². The molecule has 0 bridgehead atoms. The lowest BCUT2D eigenvalue weighted by Gasteiger charge is -2.20. The normalized spacial score (nSPS) is 12.0. The van der Waals surface area contributed by atoms with E-state index in [0.29, 0.717) is 4.48 Å². The monoisotopic (exact) mass is 405 g/mol. The third kappa shape index (κ3) is 5.16. The van der Waals surface area contributed by atoms with Crippen LogP contribution in [0.4, 0.5) is 0 Å². The molecule has 5 heteroatoms. The maximum Gasteiger partial charge on any atom is 0.243 e. The number of benzene rings is 2. The first-order valence-electron chi connectivity index (χ1n) is 7.51. The second-order valence-electron chi connectivity index (χ2n) is 5.44. The van der Waals surface area contributed by atoms with E-state index in [9.17, 15) is 8.42 Å². The molecule has 0 saturated heterocycles. The summed E-state index contributed by atoms with van der Waals surface area (Å²) >= 11 is 3.26. The SMILES string of the molecule is C=C(Br)CN(C/C=C/c1ccccc1)S(=O)(=O)c1ccc(C)cc1. The van der Waals surface area contributed by atoms with E-state index in [1.54, 1.807) is 24.3 Å². The summed E-state index contributed by atoms with van der Waals surface area (Å²) in [7, 11) is -3.58. The molecule has 0 aromatic heterocycles. The summed E-state index contributed by atoms with van der Waals surface area (Å²) in [5, 5.41) is 0. The zero-order valence-corrected chi connectivity index (χ0v) is 15.9. The van der Waals surface area contributed by atoms with Crippen molar-refractivity contribution in [1.29, 1.82) is 0 Å². The summed E-state index contributed by atoms with van der Waals surface area (Å²) in [6, 6.07) is 16.6. The molecule has 0 atom stereocenters. The molecule has 2 rings (SSSR count). The molecule has 0 fully saturated rings. The molecule has 0 N–H and O–H groups in total. The summed E-state index contributed by atoms with van der Waals surface area (Å²) in [5.74, 6) is 0. The minimum atomic E-state index is -3.58. The Hall–Kier alpha value is -1.69. The van der Waals surface area contributed by atoms with Crippen LogP contribution in [0.5, 0.6) is 0 Å². The maximum absolute atomic E-state index is 12.9. The predicted octanol–water partition coefficient (Wildman–Crippen LogP) is 4.61. The largest absolute Gasteiger partial charge is 0.243 e. The van der Waals surface area contributed by atoms with E-state index in [1.807, 2.05) is 49.4 Å². The van der Waals surface area contributed by atoms with Gasteiger partial charge in [0.1, 0.15) is 0 Å². The highest BCUT2D eigenvalue weighted by molar-refractivity contribution is 9.11. The third-order valence-electron chi connectivity index (χ3n) is 3.43. The van der Waals surface area contributed by atoms with Crippen molar-refractivity contribution in [3.8, 4) is 0 Å². The van der Waals surface area contributed by atoms with E-state index in [0.717, 1.165) is 11.1 Å². The van der Waals surface area contributed by atoms with E-state index in [4.69, 9.17) is 0 Å². The standard InChI is InChI=1S/C19H20BrNO2S/c1-16-10-12-19(13-11-16)24(22,23)21(15-17(2)20)14-6-9-18-7-4-3-5-8-18/h3-13H,2,14-15H2,1H3/b9-6+. The average molecular weight is 406 g/mol. The molecule has 0 amide bonds. The summed E-state index contributed by atoms with van der Waals surface area (Å²) < 4.78 is 27.7. The molecule has 0 saturated carbocycles. The van der Waals surface area contributed by atoms with Gasteiger partial charge in [-0.25, -0.2) is 8.42 Å². The number of sulfonamides is 1. The molecular formula is C19H20BrNO2S. The molecule has 0 aliphatic heterocycles. The van der Waals surface area contributed by atoms with Gasteiger partial charge in [-0.15, -0.1) is 0 Å². The van der Waals surface area contributed by atoms with Gasteiger partial charge in [-0.05, 0) is 24.6 Å². The van der Waals surface area contributed by atoms with Gasteiger partial charge in [0.15, 0.2) is 0 Å². The van der Waals surface area contributed by atoms with Crippen molar-refractivity contribution >= 4 is 32.0 Å². The smallest absolute Gasteiger partial charge is 0.207 e. The number of rotatable bonds is 7. The van der Waals surface area contributed by atoms with E-state index in [1.165, 1.54) is 4.31 Å². The minimum absolute atomic E-state index is 0.218. The molecule has 126 valence electrons. The van der Waals surface area contributed by atoms with Gasteiger partial charge in [-0.1, -0.05) is 82.7 Å². The fourth-order valence-electron chi connectivity index (χ4n) is 2.17. The van der Waals surface area contributed by atoms with Gasteiger partial charge in [0.05, 0.1) is 4.90 Å². The van der Waals surface area contributed by atoms with Crippen molar-refractivity contribution in [3.63, 3.8) is 0 Å². The van der Waals surface area contributed by atoms with Crippen molar-refractivity contribution in [2.24, 2.45) is 0 Å². The van der Waals surface area contributed by atoms with Crippen LogP contribution in [-0.2, 0) is 10.0 Å². The number of hydrogen-bond donors (Lipinski definition) is 0. The number of nitrogens with zero attached hydrogens (tertiary/aromatic N) is 1. The molecule has 24 heavy (non-hydrogen) atoms. The lowest BCUT2D eigenvalue weighted by atomic mass is 10.2. The Kier molecular flexibility index (Phi) is 6.54. The first-order valence-corrected chi connectivity index (χ1v) is 9.74. The first-order chi connectivity index (χ1) is 11.4. The lowest BCUT2D eigenvalue weighted by molar-refractivity contribution is 0.473. The van der Waals surface area contributed by atoms with Gasteiger partial charge >= 0.3 is 0 Å². The Morgan fingerprint density at radius 2 is 1.75 bits per heavy atom. The van der Waals surface area contributed by atoms with Gasteiger partial charge in [0, 0.05) is 17.6 Å². The van der Waals surface area contributed by atoms with E-state index >= 15 is 0 Å². The quantitative estimate of drug-likeness (QED) is 0.674. The van der Waals surface area contributed by atoms with Crippen LogP contribution in [0.3, 0.4) is 0 Å². The molecule has 0 radical (unpaired) electrons. The maximum atomic E-state index is 12.9. The van der Waals surface area contributed by atoms with Gasteiger partial charge in [-0.2, -0.15) is 4.31 Å². The zero-order valence-electron chi connectivity index (χ0n) is 13.5. The number of hydrogen-bond acceptors (Lipinski definition) is 2. The summed E-state index contributed by atoms with van der Waals surface area (Å²) in [6.07, 6.45) is 3.76. The zero-order chi connectivity index (χ0) is 17.6. The van der Waals surface area contributed by atoms with Gasteiger partial charge in [0.25, 0.3) is 0 Å². The van der Waals surface area contributed by atoms with Crippen LogP contribution in [0.25, 0.3) is 6.08 Å². The Labute approximate surface area is 152 Å². The topological polar surface area (TPSA) is 37.4 Å². The Morgan fingerprint density at radius 3 is 2.33 bits per heavy atom. The predicted molar refractivity (Wildman–Crippen MR) is 103 cm³/mol. The van der Waals surface area contributed by atoms with E-state index in [2.05, 4.69) is 22.5 Å². The molecule has 3 nitrogen and oxygen atoms in total. The van der Waals surface area contributed by atoms with Crippen LogP contribution in [0.1, 0.15) is 11.1 Å². The highest BCUT2D eigenvalue weighted by atomic mass is 79.9. The summed E-state index contributed by atoms with van der Waals surface area (Å²) in [5.41, 5.74) is 2.05. The fraction of sp³-hybridized carbons (Fsp3) is 0.158. The van der Waals surface area contributed by atoms with Crippen molar-refractivity contribution in [3.05, 3.63) is 82.9 Å². The van der Waals surface area contributed by atoms with Gasteiger partial charge in [0.2, 0.25) is 10.0 Å². The van der Waals surface area contributed by atoms with Crippen LogP contribution in [0.2, 0.25) is 0 Å². The third-order valence-corrected chi connectivity index (χ3v) is 5.50. The average Bonchev–Trinajstić information content (AvgIpc) is 2.55. The van der Waals surface area contributed by atoms with Crippen molar-refractivity contribution in [1.82, 2.24) is 4.31 Å². The van der Waals surface area contributed by atoms with Gasteiger partial charge < -0.3 is 0 Å². The molecule has 2 aromatic carbocycles. The minimum Gasteiger partial charge on any atom is -0.207 e. The molecule has 0 heterocycles. The van der Waals surface area contributed by atoms with Crippen LogP contribution < -0.4 is 0 Å². The summed E-state index contributed by atoms with van der Waals surface area (Å²) in [6.45, 7) is 6.19.